The predicted octanol–water partition coefficient (Wildman–Crippen LogP) is 2.76. The molecule has 0 saturated heterocycles. The fraction of sp³-hybridized carbons (Fsp3) is 0.407. The molecule has 216 valence electrons. The van der Waals surface area contributed by atoms with E-state index in [1.165, 1.54) is 25.3 Å². The third-order valence-electron chi connectivity index (χ3n) is 6.41. The summed E-state index contributed by atoms with van der Waals surface area (Å²) in [5.41, 5.74) is -1.15. The van der Waals surface area contributed by atoms with Crippen LogP contribution in [0, 0.1) is 0 Å². The summed E-state index contributed by atoms with van der Waals surface area (Å²) in [6, 6.07) is 3.11. The van der Waals surface area contributed by atoms with Crippen LogP contribution in [0.5, 0.6) is 23.0 Å². The number of ether oxygens (including phenoxy) is 2. The van der Waals surface area contributed by atoms with E-state index in [1.54, 1.807) is 13.8 Å². The number of carbonyl (C=O) groups excluding carboxylic acids is 4. The molecule has 0 unspecified atom stereocenters. The van der Waals surface area contributed by atoms with Gasteiger partial charge in [-0.05, 0) is 31.0 Å². The zero-order chi connectivity index (χ0) is 29.9. The van der Waals surface area contributed by atoms with Crippen LogP contribution in [0.3, 0.4) is 0 Å². The second kappa shape index (κ2) is 11.9. The maximum atomic E-state index is 13.9. The summed E-state index contributed by atoms with van der Waals surface area (Å²) in [6.07, 6.45) is 0.858. The van der Waals surface area contributed by atoms with Gasteiger partial charge in [-0.15, -0.1) is 0 Å². The molecule has 0 spiro atoms. The molecule has 1 aliphatic heterocycles. The molecule has 2 aromatic rings. The van der Waals surface area contributed by atoms with Gasteiger partial charge in [-0.1, -0.05) is 13.0 Å². The molecule has 0 aromatic heterocycles. The van der Waals surface area contributed by atoms with Gasteiger partial charge in [0.2, 0.25) is 5.91 Å². The fourth-order valence-corrected chi connectivity index (χ4v) is 5.51. The summed E-state index contributed by atoms with van der Waals surface area (Å²) >= 11 is 0. The lowest BCUT2D eigenvalue weighted by Crippen LogP contribution is -2.38. The van der Waals surface area contributed by atoms with Crippen molar-refractivity contribution in [1.82, 2.24) is 4.90 Å². The highest BCUT2D eigenvalue weighted by molar-refractivity contribution is 7.90. The largest absolute Gasteiger partial charge is 0.504 e. The van der Waals surface area contributed by atoms with E-state index in [1.807, 2.05) is 0 Å². The number of sulfone groups is 1. The van der Waals surface area contributed by atoms with E-state index >= 15 is 0 Å². The number of hydrogen-bond donors (Lipinski definition) is 3. The van der Waals surface area contributed by atoms with Crippen molar-refractivity contribution < 1.29 is 47.3 Å². The molecular weight excluding hydrogens is 544 g/mol. The van der Waals surface area contributed by atoms with Crippen LogP contribution >= 0.6 is 0 Å². The highest BCUT2D eigenvalue weighted by Crippen LogP contribution is 2.48. The number of methoxy groups -OCH3 is 1. The molecule has 13 heteroatoms. The third-order valence-corrected chi connectivity index (χ3v) is 7.33. The molecule has 40 heavy (non-hydrogen) atoms. The number of phenols is 2. The highest BCUT2D eigenvalue weighted by atomic mass is 32.2. The minimum absolute atomic E-state index is 0.0974. The average Bonchev–Trinajstić information content (AvgIpc) is 3.14. The molecule has 12 nitrogen and oxygen atoms in total. The smallest absolute Gasteiger partial charge is 0.264 e. The monoisotopic (exact) mass is 576 g/mol. The van der Waals surface area contributed by atoms with Crippen molar-refractivity contribution in [2.24, 2.45) is 0 Å². The van der Waals surface area contributed by atoms with Crippen LogP contribution in [0.4, 0.5) is 5.69 Å². The minimum Gasteiger partial charge on any atom is -0.504 e. The van der Waals surface area contributed by atoms with Crippen LogP contribution in [-0.4, -0.2) is 72.8 Å². The number of anilines is 1. The third kappa shape index (κ3) is 6.03. The summed E-state index contributed by atoms with van der Waals surface area (Å²) in [4.78, 5) is 52.5. The number of fused-ring (bicyclic) bond motifs is 1. The van der Waals surface area contributed by atoms with E-state index in [2.05, 4.69) is 5.32 Å². The van der Waals surface area contributed by atoms with Gasteiger partial charge < -0.3 is 25.0 Å². The van der Waals surface area contributed by atoms with Gasteiger partial charge in [0.1, 0.15) is 21.3 Å². The van der Waals surface area contributed by atoms with E-state index in [-0.39, 0.29) is 54.1 Å². The summed E-state index contributed by atoms with van der Waals surface area (Å²) in [6.45, 7) is 4.73. The Kier molecular flexibility index (Phi) is 9.08. The summed E-state index contributed by atoms with van der Waals surface area (Å²) in [7, 11) is -2.38. The number of aromatic hydroxyl groups is 2. The second-order valence-corrected chi connectivity index (χ2v) is 11.5. The number of Topliss-reactive ketones (excluding diaryl/α,β-unsaturated/α-hetero) is 1. The molecular formula is C27H32N2O10S. The van der Waals surface area contributed by atoms with Crippen molar-refractivity contribution in [1.29, 1.82) is 0 Å². The molecule has 0 radical (unpaired) electrons. The quantitative estimate of drug-likeness (QED) is 0.251. The number of ketones is 1. The van der Waals surface area contributed by atoms with Gasteiger partial charge in [-0.25, -0.2) is 8.42 Å². The lowest BCUT2D eigenvalue weighted by Gasteiger charge is -2.27. The van der Waals surface area contributed by atoms with Crippen LogP contribution in [0.2, 0.25) is 0 Å². The van der Waals surface area contributed by atoms with Crippen molar-refractivity contribution in [3.05, 3.63) is 40.5 Å². The van der Waals surface area contributed by atoms with Crippen LogP contribution in [-0.2, 0) is 25.8 Å². The predicted molar refractivity (Wildman–Crippen MR) is 145 cm³/mol. The molecule has 3 amide bonds. The van der Waals surface area contributed by atoms with Gasteiger partial charge in [0.05, 0.1) is 36.6 Å². The molecule has 0 fully saturated rings. The standard InChI is InChI=1S/C27H32N2O10S/c1-6-16(31)9-10-17-21-22(23(28-14(3)30)25(33)24(17)32)27(35)29(26(21)34)18(13-40(5,36)37)15-8-11-19(38-4)20(12-15)39-7-2/h8,11-12,18,32-33H,6-7,9-10,13H2,1-5H3,(H,28,30)/t18-/m1/s1. The maximum Gasteiger partial charge on any atom is 0.264 e. The number of phenolic OH excluding ortho intramolecular Hbond substituents is 2. The lowest BCUT2D eigenvalue weighted by molar-refractivity contribution is -0.118. The molecule has 3 N–H and O–H groups in total. The minimum atomic E-state index is -3.80. The van der Waals surface area contributed by atoms with E-state index in [4.69, 9.17) is 9.47 Å². The number of hydrogen-bond acceptors (Lipinski definition) is 10. The first-order chi connectivity index (χ1) is 18.7. The van der Waals surface area contributed by atoms with Crippen LogP contribution in [0.1, 0.15) is 71.5 Å². The topological polar surface area (TPSA) is 177 Å². The first-order valence-electron chi connectivity index (χ1n) is 12.5. The average molecular weight is 577 g/mol. The van der Waals surface area contributed by atoms with Crippen LogP contribution in [0.15, 0.2) is 18.2 Å². The molecule has 3 rings (SSSR count). The number of imide groups is 1. The molecule has 0 saturated carbocycles. The zero-order valence-electron chi connectivity index (χ0n) is 22.9. The van der Waals surface area contributed by atoms with E-state index < -0.39 is 62.1 Å². The summed E-state index contributed by atoms with van der Waals surface area (Å²) < 4.78 is 35.9. The van der Waals surface area contributed by atoms with Crippen molar-refractivity contribution >= 4 is 39.0 Å². The van der Waals surface area contributed by atoms with Crippen LogP contribution in [0.25, 0.3) is 0 Å². The Morgan fingerprint density at radius 3 is 2.25 bits per heavy atom. The van der Waals surface area contributed by atoms with Gasteiger partial charge >= 0.3 is 0 Å². The number of amides is 3. The summed E-state index contributed by atoms with van der Waals surface area (Å²) in [5.74, 6) is -4.52. The number of carbonyl (C=O) groups is 4. The van der Waals surface area contributed by atoms with Gasteiger partial charge in [0.25, 0.3) is 11.8 Å². The SMILES string of the molecule is CCOc1cc([C@@H](CS(C)(=O)=O)N2C(=O)c3c(CCC(=O)CC)c(O)c(O)c(NC(C)=O)c3C2=O)ccc1OC. The van der Waals surface area contributed by atoms with Gasteiger partial charge in [0, 0.05) is 31.6 Å². The first-order valence-corrected chi connectivity index (χ1v) is 14.6. The molecule has 2 aromatic carbocycles. The van der Waals surface area contributed by atoms with Gasteiger partial charge in [0.15, 0.2) is 23.0 Å². The number of nitrogens with zero attached hydrogens (tertiary/aromatic N) is 1. The van der Waals surface area contributed by atoms with Crippen molar-refractivity contribution in [2.75, 3.05) is 31.0 Å². The lowest BCUT2D eigenvalue weighted by atomic mass is 9.94. The Hall–Kier alpha value is -4.13. The number of nitrogens with one attached hydrogen (secondary N) is 1. The highest BCUT2D eigenvalue weighted by Gasteiger charge is 2.47. The Morgan fingerprint density at radius 2 is 1.70 bits per heavy atom. The van der Waals surface area contributed by atoms with E-state index in [9.17, 15) is 37.8 Å². The normalized spacial score (nSPS) is 13.7. The first kappa shape index (κ1) is 30.4. The van der Waals surface area contributed by atoms with E-state index in [0.29, 0.717) is 5.75 Å². The summed E-state index contributed by atoms with van der Waals surface area (Å²) in [5, 5.41) is 23.8. The number of benzene rings is 2. The second-order valence-electron chi connectivity index (χ2n) is 9.31. The van der Waals surface area contributed by atoms with Crippen molar-refractivity contribution in [3.8, 4) is 23.0 Å². The molecule has 0 bridgehead atoms. The van der Waals surface area contributed by atoms with Crippen molar-refractivity contribution in [3.63, 3.8) is 0 Å². The molecule has 1 atom stereocenters. The molecule has 0 aliphatic carbocycles. The zero-order valence-corrected chi connectivity index (χ0v) is 23.7. The Morgan fingerprint density at radius 1 is 1.05 bits per heavy atom. The number of rotatable bonds is 12. The molecule has 1 heterocycles. The van der Waals surface area contributed by atoms with Crippen molar-refractivity contribution in [2.45, 2.75) is 46.1 Å². The maximum absolute atomic E-state index is 13.9. The van der Waals surface area contributed by atoms with Gasteiger partial charge in [-0.2, -0.15) is 0 Å². The Balaban J connectivity index is 2.28. The van der Waals surface area contributed by atoms with Gasteiger partial charge in [-0.3, -0.25) is 24.1 Å². The Labute approximate surface area is 231 Å². The Bertz CT molecular complexity index is 1480. The fourth-order valence-electron chi connectivity index (χ4n) is 4.60. The van der Waals surface area contributed by atoms with Crippen LogP contribution < -0.4 is 14.8 Å². The van der Waals surface area contributed by atoms with E-state index in [0.717, 1.165) is 18.1 Å². The molecule has 1 aliphatic rings.